The second-order valence-corrected chi connectivity index (χ2v) is 10.2. The molecule has 0 unspecified atom stereocenters. The first-order chi connectivity index (χ1) is 15.6. The van der Waals surface area contributed by atoms with Crippen molar-refractivity contribution in [3.8, 4) is 11.5 Å². The minimum absolute atomic E-state index is 0.230. The molecule has 33 heavy (non-hydrogen) atoms. The van der Waals surface area contributed by atoms with Gasteiger partial charge in [0.15, 0.2) is 0 Å². The first-order valence-corrected chi connectivity index (χ1v) is 11.8. The number of H-pyrrole nitrogens is 1. The molecule has 1 aromatic carbocycles. The average Bonchev–Trinajstić information content (AvgIpc) is 3.40. The van der Waals surface area contributed by atoms with Gasteiger partial charge in [0.1, 0.15) is 5.69 Å². The van der Waals surface area contributed by atoms with Gasteiger partial charge in [-0.25, -0.2) is 9.78 Å². The van der Waals surface area contributed by atoms with Gasteiger partial charge < -0.3 is 13.9 Å². The molecular weight excluding hydrogens is 438 g/mol. The summed E-state index contributed by atoms with van der Waals surface area (Å²) in [5, 5.41) is 15.3. The van der Waals surface area contributed by atoms with Gasteiger partial charge in [-0.1, -0.05) is 31.2 Å². The Morgan fingerprint density at radius 1 is 1.12 bits per heavy atom. The molecule has 0 spiro atoms. The number of nitrogens with zero attached hydrogens (tertiary/aromatic N) is 4. The van der Waals surface area contributed by atoms with Gasteiger partial charge in [-0.2, -0.15) is 0 Å². The summed E-state index contributed by atoms with van der Waals surface area (Å²) in [7, 11) is 0. The van der Waals surface area contributed by atoms with Crippen LogP contribution in [0.3, 0.4) is 0 Å². The van der Waals surface area contributed by atoms with Gasteiger partial charge in [0.2, 0.25) is 5.89 Å². The maximum Gasteiger partial charge on any atom is 0.284 e. The summed E-state index contributed by atoms with van der Waals surface area (Å²) >= 11 is 4.94. The predicted octanol–water partition coefficient (Wildman–Crippen LogP) is 5.63. The Bertz CT molecular complexity index is 1070. The molecular formula is C24H35N5O3S. The Kier molecular flexibility index (Phi) is 8.20. The van der Waals surface area contributed by atoms with E-state index in [-0.39, 0.29) is 10.4 Å². The predicted molar refractivity (Wildman–Crippen MR) is 129 cm³/mol. The Labute approximate surface area is 200 Å². The van der Waals surface area contributed by atoms with Crippen LogP contribution in [0, 0.1) is 10.8 Å². The van der Waals surface area contributed by atoms with Crippen LogP contribution in [0.2, 0.25) is 0 Å². The van der Waals surface area contributed by atoms with Crippen molar-refractivity contribution in [2.75, 3.05) is 13.2 Å². The maximum atomic E-state index is 6.28. The molecule has 1 N–H and O–H groups in total. The molecule has 2 heterocycles. The molecule has 9 heteroatoms. The summed E-state index contributed by atoms with van der Waals surface area (Å²) < 4.78 is 19.3. The zero-order chi connectivity index (χ0) is 24.1. The van der Waals surface area contributed by atoms with Crippen LogP contribution in [-0.4, -0.2) is 38.4 Å². The van der Waals surface area contributed by atoms with E-state index in [1.54, 1.807) is 0 Å². The summed E-state index contributed by atoms with van der Waals surface area (Å²) in [6, 6.07) is 7.96. The molecule has 0 aliphatic rings. The summed E-state index contributed by atoms with van der Waals surface area (Å²) in [4.78, 5) is 0.263. The van der Waals surface area contributed by atoms with Crippen molar-refractivity contribution in [2.45, 2.75) is 72.1 Å². The Morgan fingerprint density at radius 3 is 2.48 bits per heavy atom. The minimum atomic E-state index is -0.446. The van der Waals surface area contributed by atoms with Crippen LogP contribution in [0.1, 0.15) is 65.6 Å². The summed E-state index contributed by atoms with van der Waals surface area (Å²) in [6.07, 6.45) is 3.80. The van der Waals surface area contributed by atoms with E-state index in [1.165, 1.54) is 0 Å². The van der Waals surface area contributed by atoms with Crippen LogP contribution in [0.5, 0.6) is 0 Å². The molecule has 0 atom stereocenters. The van der Waals surface area contributed by atoms with E-state index in [0.717, 1.165) is 36.3 Å². The highest BCUT2D eigenvalue weighted by Crippen LogP contribution is 2.29. The molecule has 0 bridgehead atoms. The van der Waals surface area contributed by atoms with E-state index in [2.05, 4.69) is 62.1 Å². The van der Waals surface area contributed by atoms with Crippen LogP contribution in [0.4, 0.5) is 0 Å². The molecule has 0 saturated heterocycles. The van der Waals surface area contributed by atoms with Crippen molar-refractivity contribution in [1.82, 2.24) is 25.2 Å². The van der Waals surface area contributed by atoms with Crippen LogP contribution in [-0.2, 0) is 27.2 Å². The lowest BCUT2D eigenvalue weighted by Gasteiger charge is -2.30. The highest BCUT2D eigenvalue weighted by atomic mass is 32.1. The van der Waals surface area contributed by atoms with E-state index >= 15 is 0 Å². The molecule has 2 aromatic heterocycles. The standard InChI is InChI=1S/C24H35N5O3S/c1-17(2)11-13-30-16-20-15-29(28-25-20)23(3,4)12-14-31-24(5,6)19-9-7-18(8-10-19)21-26-27-22(33)32-21/h7-10,15,17H,11-14,16H2,1-6H3,(H,27,33). The fourth-order valence-electron chi connectivity index (χ4n) is 3.28. The lowest BCUT2D eigenvalue weighted by atomic mass is 9.96. The average molecular weight is 474 g/mol. The zero-order valence-electron chi connectivity index (χ0n) is 20.4. The number of ether oxygens (including phenoxy) is 2. The van der Waals surface area contributed by atoms with Gasteiger partial charge in [-0.05, 0) is 76.4 Å². The smallest absolute Gasteiger partial charge is 0.284 e. The van der Waals surface area contributed by atoms with Crippen molar-refractivity contribution in [2.24, 2.45) is 5.92 Å². The number of benzene rings is 1. The first kappa shape index (κ1) is 25.3. The van der Waals surface area contributed by atoms with Crippen LogP contribution in [0.25, 0.3) is 11.5 Å². The first-order valence-electron chi connectivity index (χ1n) is 11.4. The molecule has 8 nitrogen and oxygen atoms in total. The van der Waals surface area contributed by atoms with Crippen LogP contribution >= 0.6 is 12.2 Å². The lowest BCUT2D eigenvalue weighted by Crippen LogP contribution is -2.31. The van der Waals surface area contributed by atoms with E-state index < -0.39 is 5.60 Å². The SMILES string of the molecule is CC(C)CCOCc1cn(C(C)(C)CCOC(C)(C)c2ccc(-c3n[nH]c(=S)o3)cc2)nn1. The number of aromatic amines is 1. The highest BCUT2D eigenvalue weighted by molar-refractivity contribution is 7.71. The van der Waals surface area contributed by atoms with Gasteiger partial charge in [0, 0.05) is 12.2 Å². The van der Waals surface area contributed by atoms with Gasteiger partial charge in [-0.15, -0.1) is 10.2 Å². The van der Waals surface area contributed by atoms with Gasteiger partial charge in [-0.3, -0.25) is 0 Å². The second kappa shape index (κ2) is 10.7. The number of nitrogens with one attached hydrogen (secondary N) is 1. The summed E-state index contributed by atoms with van der Waals surface area (Å²) in [6.45, 7) is 14.6. The van der Waals surface area contributed by atoms with Crippen molar-refractivity contribution < 1.29 is 13.9 Å². The highest BCUT2D eigenvalue weighted by Gasteiger charge is 2.26. The molecule has 180 valence electrons. The third-order valence-electron chi connectivity index (χ3n) is 5.69. The quantitative estimate of drug-likeness (QED) is 0.269. The number of aromatic nitrogens is 5. The molecule has 0 amide bonds. The van der Waals surface area contributed by atoms with Crippen LogP contribution in [0.15, 0.2) is 34.9 Å². The Balaban J connectivity index is 1.52. The summed E-state index contributed by atoms with van der Waals surface area (Å²) in [5.74, 6) is 1.11. The molecule has 0 saturated carbocycles. The van der Waals surface area contributed by atoms with Gasteiger partial charge in [0.05, 0.1) is 30.6 Å². The number of hydrogen-bond donors (Lipinski definition) is 1. The Hall–Kier alpha value is -2.36. The van der Waals surface area contributed by atoms with Crippen molar-refractivity contribution >= 4 is 12.2 Å². The fraction of sp³-hybridized carbons (Fsp3) is 0.583. The van der Waals surface area contributed by atoms with E-state index in [4.69, 9.17) is 26.1 Å². The lowest BCUT2D eigenvalue weighted by molar-refractivity contribution is -0.0329. The van der Waals surface area contributed by atoms with Crippen molar-refractivity contribution in [3.05, 3.63) is 46.6 Å². The van der Waals surface area contributed by atoms with E-state index in [1.807, 2.05) is 35.1 Å². The van der Waals surface area contributed by atoms with E-state index in [0.29, 0.717) is 25.0 Å². The molecule has 0 radical (unpaired) electrons. The summed E-state index contributed by atoms with van der Waals surface area (Å²) in [5.41, 5.74) is 2.10. The second-order valence-electron chi connectivity index (χ2n) is 9.81. The maximum absolute atomic E-state index is 6.28. The Morgan fingerprint density at radius 2 is 1.85 bits per heavy atom. The van der Waals surface area contributed by atoms with Crippen molar-refractivity contribution in [1.29, 1.82) is 0 Å². The molecule has 3 aromatic rings. The molecule has 3 rings (SSSR count). The third-order valence-corrected chi connectivity index (χ3v) is 5.87. The van der Waals surface area contributed by atoms with E-state index in [9.17, 15) is 0 Å². The topological polar surface area (TPSA) is 91.0 Å². The molecule has 0 aliphatic carbocycles. The minimum Gasteiger partial charge on any atom is -0.409 e. The largest absolute Gasteiger partial charge is 0.409 e. The normalized spacial score (nSPS) is 12.6. The van der Waals surface area contributed by atoms with Crippen LogP contribution < -0.4 is 0 Å². The van der Waals surface area contributed by atoms with Gasteiger partial charge >= 0.3 is 0 Å². The monoisotopic (exact) mass is 473 g/mol. The zero-order valence-corrected chi connectivity index (χ0v) is 21.2. The molecule has 0 fully saturated rings. The number of rotatable bonds is 12. The van der Waals surface area contributed by atoms with Crippen molar-refractivity contribution in [3.63, 3.8) is 0 Å². The number of hydrogen-bond acceptors (Lipinski definition) is 7. The third kappa shape index (κ3) is 7.06. The molecule has 0 aliphatic heterocycles. The van der Waals surface area contributed by atoms with Gasteiger partial charge in [0.25, 0.3) is 4.84 Å². The fourth-order valence-corrected chi connectivity index (χ4v) is 3.40.